The molecule has 19 heavy (non-hydrogen) atoms. The molecule has 0 aromatic carbocycles. The summed E-state index contributed by atoms with van der Waals surface area (Å²) >= 11 is 6.23. The van der Waals surface area contributed by atoms with Crippen molar-refractivity contribution in [3.8, 4) is 0 Å². The normalized spacial score (nSPS) is 13.8. The molecule has 5 nitrogen and oxygen atoms in total. The fourth-order valence-corrected chi connectivity index (χ4v) is 2.03. The summed E-state index contributed by atoms with van der Waals surface area (Å²) in [5.74, 6) is 1.41. The van der Waals surface area contributed by atoms with E-state index in [0.717, 1.165) is 17.8 Å². The lowest BCUT2D eigenvalue weighted by molar-refractivity contribution is 0.358. The van der Waals surface area contributed by atoms with E-state index in [-0.39, 0.29) is 11.5 Å². The predicted octanol–water partition coefficient (Wildman–Crippen LogP) is 3.19. The molecule has 6 heteroatoms. The molecule has 2 aromatic rings. The van der Waals surface area contributed by atoms with Gasteiger partial charge in [0.05, 0.1) is 0 Å². The highest BCUT2D eigenvalue weighted by Gasteiger charge is 2.23. The van der Waals surface area contributed by atoms with Crippen LogP contribution in [0.25, 0.3) is 5.78 Å². The minimum absolute atomic E-state index is 0.133. The summed E-state index contributed by atoms with van der Waals surface area (Å²) in [5.41, 5.74) is 1.10. The molecule has 0 aliphatic rings. The predicted molar refractivity (Wildman–Crippen MR) is 77.7 cm³/mol. The highest BCUT2D eigenvalue weighted by molar-refractivity contribution is 6.30. The minimum atomic E-state index is 0.133. The fraction of sp³-hybridized carbons (Fsp3) is 0.615. The van der Waals surface area contributed by atoms with Crippen LogP contribution in [0.4, 0.5) is 5.82 Å². The summed E-state index contributed by atoms with van der Waals surface area (Å²) < 4.78 is 1.72. The Kier molecular flexibility index (Phi) is 3.67. The van der Waals surface area contributed by atoms with Gasteiger partial charge in [-0.1, -0.05) is 39.3 Å². The Hall–Kier alpha value is -1.36. The zero-order valence-electron chi connectivity index (χ0n) is 12.0. The molecule has 0 amide bonds. The summed E-state index contributed by atoms with van der Waals surface area (Å²) in [5, 5.41) is 8.22. The lowest BCUT2D eigenvalue weighted by Crippen LogP contribution is -2.32. The van der Waals surface area contributed by atoms with Gasteiger partial charge in [-0.15, -0.1) is 0 Å². The Balaban J connectivity index is 2.53. The van der Waals surface area contributed by atoms with E-state index in [2.05, 4.69) is 55.0 Å². The first-order valence-corrected chi connectivity index (χ1v) is 6.87. The maximum atomic E-state index is 6.23. The number of aromatic nitrogens is 4. The van der Waals surface area contributed by atoms with Crippen LogP contribution in [0, 0.1) is 5.41 Å². The smallest absolute Gasteiger partial charge is 0.255 e. The van der Waals surface area contributed by atoms with Gasteiger partial charge < -0.3 is 5.32 Å². The second-order valence-electron chi connectivity index (χ2n) is 5.79. The SMILES string of the molecule is CCc1c(Cl)nc2ncnn2c1N[C@@H](C)C(C)(C)C. The first-order valence-electron chi connectivity index (χ1n) is 6.49. The first kappa shape index (κ1) is 14.1. The van der Waals surface area contributed by atoms with Crippen molar-refractivity contribution in [1.82, 2.24) is 19.6 Å². The van der Waals surface area contributed by atoms with Crippen molar-refractivity contribution in [2.45, 2.75) is 47.1 Å². The van der Waals surface area contributed by atoms with Crippen LogP contribution in [0.1, 0.15) is 40.2 Å². The molecule has 0 unspecified atom stereocenters. The summed E-state index contributed by atoms with van der Waals surface area (Å²) in [4.78, 5) is 8.35. The van der Waals surface area contributed by atoms with Gasteiger partial charge in [-0.05, 0) is 18.8 Å². The quantitative estimate of drug-likeness (QED) is 0.878. The summed E-state index contributed by atoms with van der Waals surface area (Å²) in [6, 6.07) is 0.267. The van der Waals surface area contributed by atoms with E-state index >= 15 is 0 Å². The Morgan fingerprint density at radius 3 is 2.68 bits per heavy atom. The van der Waals surface area contributed by atoms with E-state index in [4.69, 9.17) is 11.6 Å². The van der Waals surface area contributed by atoms with Gasteiger partial charge in [-0.25, -0.2) is 0 Å². The zero-order chi connectivity index (χ0) is 14.2. The Morgan fingerprint density at radius 1 is 1.42 bits per heavy atom. The molecular weight excluding hydrogens is 262 g/mol. The van der Waals surface area contributed by atoms with Crippen LogP contribution in [0.2, 0.25) is 5.15 Å². The van der Waals surface area contributed by atoms with E-state index in [1.165, 1.54) is 6.33 Å². The Morgan fingerprint density at radius 2 is 2.11 bits per heavy atom. The number of rotatable bonds is 3. The molecule has 2 rings (SSSR count). The van der Waals surface area contributed by atoms with Crippen molar-refractivity contribution >= 4 is 23.2 Å². The number of anilines is 1. The highest BCUT2D eigenvalue weighted by Crippen LogP contribution is 2.28. The largest absolute Gasteiger partial charge is 0.367 e. The number of nitrogens with zero attached hydrogens (tertiary/aromatic N) is 4. The lowest BCUT2D eigenvalue weighted by Gasteiger charge is -2.29. The van der Waals surface area contributed by atoms with Gasteiger partial charge in [0.1, 0.15) is 17.3 Å². The van der Waals surface area contributed by atoms with Crippen LogP contribution in [0.3, 0.4) is 0 Å². The van der Waals surface area contributed by atoms with Crippen LogP contribution in [-0.4, -0.2) is 25.6 Å². The molecule has 0 fully saturated rings. The zero-order valence-corrected chi connectivity index (χ0v) is 12.8. The molecule has 2 aromatic heterocycles. The van der Waals surface area contributed by atoms with Crippen molar-refractivity contribution in [3.05, 3.63) is 17.0 Å². The van der Waals surface area contributed by atoms with Crippen molar-refractivity contribution in [2.75, 3.05) is 5.32 Å². The molecule has 0 spiro atoms. The summed E-state index contributed by atoms with van der Waals surface area (Å²) in [7, 11) is 0. The number of hydrogen-bond donors (Lipinski definition) is 1. The Labute approximate surface area is 118 Å². The third-order valence-electron chi connectivity index (χ3n) is 3.48. The minimum Gasteiger partial charge on any atom is -0.367 e. The van der Waals surface area contributed by atoms with Crippen LogP contribution in [-0.2, 0) is 6.42 Å². The van der Waals surface area contributed by atoms with Crippen LogP contribution in [0.15, 0.2) is 6.33 Å². The molecular formula is C13H20ClN5. The maximum Gasteiger partial charge on any atom is 0.255 e. The Bertz CT molecular complexity index is 584. The van der Waals surface area contributed by atoms with Gasteiger partial charge in [0.25, 0.3) is 5.78 Å². The van der Waals surface area contributed by atoms with Crippen LogP contribution in [0.5, 0.6) is 0 Å². The fourth-order valence-electron chi connectivity index (χ4n) is 1.73. The van der Waals surface area contributed by atoms with E-state index in [1.807, 2.05) is 0 Å². The van der Waals surface area contributed by atoms with E-state index < -0.39 is 0 Å². The molecule has 104 valence electrons. The van der Waals surface area contributed by atoms with Gasteiger partial charge in [0.2, 0.25) is 0 Å². The average Bonchev–Trinajstić information content (AvgIpc) is 2.75. The highest BCUT2D eigenvalue weighted by atomic mass is 35.5. The number of fused-ring (bicyclic) bond motifs is 1. The van der Waals surface area contributed by atoms with Crippen molar-refractivity contribution < 1.29 is 0 Å². The molecule has 0 saturated carbocycles. The lowest BCUT2D eigenvalue weighted by atomic mass is 9.88. The maximum absolute atomic E-state index is 6.23. The van der Waals surface area contributed by atoms with Crippen LogP contribution >= 0.6 is 11.6 Å². The van der Waals surface area contributed by atoms with Crippen LogP contribution < -0.4 is 5.32 Å². The molecule has 1 N–H and O–H groups in total. The second kappa shape index (κ2) is 4.96. The molecule has 0 radical (unpaired) electrons. The topological polar surface area (TPSA) is 55.1 Å². The number of halogens is 1. The molecule has 0 bridgehead atoms. The van der Waals surface area contributed by atoms with Gasteiger partial charge in [0.15, 0.2) is 0 Å². The number of hydrogen-bond acceptors (Lipinski definition) is 4. The van der Waals surface area contributed by atoms with Crippen molar-refractivity contribution in [2.24, 2.45) is 5.41 Å². The third-order valence-corrected chi connectivity index (χ3v) is 3.79. The van der Waals surface area contributed by atoms with Gasteiger partial charge in [-0.2, -0.15) is 19.6 Å². The van der Waals surface area contributed by atoms with Gasteiger partial charge in [0, 0.05) is 11.6 Å². The van der Waals surface area contributed by atoms with E-state index in [9.17, 15) is 0 Å². The third kappa shape index (κ3) is 2.66. The van der Waals surface area contributed by atoms with Gasteiger partial charge in [-0.3, -0.25) is 0 Å². The van der Waals surface area contributed by atoms with Crippen molar-refractivity contribution in [1.29, 1.82) is 0 Å². The van der Waals surface area contributed by atoms with E-state index in [0.29, 0.717) is 10.9 Å². The molecule has 0 aliphatic carbocycles. The number of nitrogens with one attached hydrogen (secondary N) is 1. The van der Waals surface area contributed by atoms with Crippen molar-refractivity contribution in [3.63, 3.8) is 0 Å². The monoisotopic (exact) mass is 281 g/mol. The standard InChI is InChI=1S/C13H20ClN5/c1-6-9-10(14)18-12-15-7-16-19(12)11(9)17-8(2)13(3,4)5/h7-8,17H,6H2,1-5H3/t8-/m0/s1. The van der Waals surface area contributed by atoms with Gasteiger partial charge >= 0.3 is 0 Å². The second-order valence-corrected chi connectivity index (χ2v) is 6.15. The first-order chi connectivity index (χ1) is 8.84. The molecule has 0 saturated heterocycles. The van der Waals surface area contributed by atoms with E-state index in [1.54, 1.807) is 4.52 Å². The summed E-state index contributed by atoms with van der Waals surface area (Å²) in [6.07, 6.45) is 2.28. The average molecular weight is 282 g/mol. The summed E-state index contributed by atoms with van der Waals surface area (Å²) in [6.45, 7) is 10.8. The molecule has 2 heterocycles. The molecule has 0 aliphatic heterocycles. The molecule has 1 atom stereocenters.